The third kappa shape index (κ3) is 2.97. The van der Waals surface area contributed by atoms with Crippen LogP contribution in [0.3, 0.4) is 0 Å². The van der Waals surface area contributed by atoms with E-state index >= 15 is 0 Å². The maximum Gasteiger partial charge on any atom is 0.198 e. The molecule has 6 heteroatoms. The molecule has 1 saturated heterocycles. The summed E-state index contributed by atoms with van der Waals surface area (Å²) in [6, 6.07) is 6.92. The van der Waals surface area contributed by atoms with Gasteiger partial charge < -0.3 is 14.2 Å². The van der Waals surface area contributed by atoms with Crippen LogP contribution in [-0.2, 0) is 0 Å². The van der Waals surface area contributed by atoms with E-state index in [0.29, 0.717) is 23.0 Å². The number of rotatable bonds is 4. The average Bonchev–Trinajstić information content (AvgIpc) is 3.29. The maximum atomic E-state index is 9.96. The summed E-state index contributed by atoms with van der Waals surface area (Å²) in [6.07, 6.45) is 6.95. The molecule has 3 aromatic rings. The van der Waals surface area contributed by atoms with Gasteiger partial charge in [-0.2, -0.15) is 5.26 Å². The highest BCUT2D eigenvalue weighted by molar-refractivity contribution is 6.02. The van der Waals surface area contributed by atoms with Gasteiger partial charge in [0.05, 0.1) is 11.3 Å². The van der Waals surface area contributed by atoms with Gasteiger partial charge in [0, 0.05) is 43.0 Å². The number of aromatic nitrogens is 2. The largest absolute Gasteiger partial charge is 0.438 e. The van der Waals surface area contributed by atoms with Crippen molar-refractivity contribution in [1.82, 2.24) is 14.9 Å². The number of likely N-dealkylation sites (N-methyl/N-ethyl adjacent to an activating group) is 1. The fraction of sp³-hybridized carbons (Fsp3) is 0.435. The molecule has 6 nitrogen and oxygen atoms in total. The van der Waals surface area contributed by atoms with Crippen molar-refractivity contribution in [3.05, 3.63) is 41.5 Å². The van der Waals surface area contributed by atoms with Gasteiger partial charge in [-0.05, 0) is 63.5 Å². The number of benzene rings is 1. The normalized spacial score (nSPS) is 19.3. The highest BCUT2D eigenvalue weighted by Gasteiger charge is 2.34. The molecule has 148 valence electrons. The molecule has 1 aliphatic carbocycles. The van der Waals surface area contributed by atoms with Crippen molar-refractivity contribution in [1.29, 1.82) is 5.26 Å². The first kappa shape index (κ1) is 18.1. The van der Waals surface area contributed by atoms with Crippen LogP contribution in [0.25, 0.3) is 22.2 Å². The predicted molar refractivity (Wildman–Crippen MR) is 113 cm³/mol. The number of nitriles is 1. The molecule has 0 bridgehead atoms. The Morgan fingerprint density at radius 1 is 1.21 bits per heavy atom. The molecule has 2 fully saturated rings. The van der Waals surface area contributed by atoms with E-state index in [2.05, 4.69) is 34.9 Å². The Bertz CT molecular complexity index is 1110. The molecule has 0 unspecified atom stereocenters. The molecule has 5 rings (SSSR count). The van der Waals surface area contributed by atoms with Crippen LogP contribution >= 0.6 is 0 Å². The third-order valence-corrected chi connectivity index (χ3v) is 6.30. The number of nitrogens with zero attached hydrogens (tertiary/aromatic N) is 5. The van der Waals surface area contributed by atoms with Crippen LogP contribution in [0, 0.1) is 18.3 Å². The molecule has 29 heavy (non-hydrogen) atoms. The van der Waals surface area contributed by atoms with E-state index in [1.54, 1.807) is 12.4 Å². The van der Waals surface area contributed by atoms with Gasteiger partial charge in [0.1, 0.15) is 11.6 Å². The third-order valence-electron chi connectivity index (χ3n) is 6.30. The predicted octanol–water partition coefficient (Wildman–Crippen LogP) is 4.09. The summed E-state index contributed by atoms with van der Waals surface area (Å²) in [4.78, 5) is 13.7. The van der Waals surface area contributed by atoms with Crippen LogP contribution in [0.15, 0.2) is 28.9 Å². The van der Waals surface area contributed by atoms with Crippen LogP contribution < -0.4 is 4.90 Å². The van der Waals surface area contributed by atoms with Crippen LogP contribution in [0.2, 0.25) is 0 Å². The van der Waals surface area contributed by atoms with E-state index in [-0.39, 0.29) is 0 Å². The number of oxazole rings is 1. The first-order chi connectivity index (χ1) is 14.1. The second kappa shape index (κ2) is 6.85. The van der Waals surface area contributed by atoms with Crippen LogP contribution in [0.5, 0.6) is 0 Å². The topological polar surface area (TPSA) is 69.2 Å². The highest BCUT2D eigenvalue weighted by Crippen LogP contribution is 2.47. The van der Waals surface area contributed by atoms with Gasteiger partial charge in [-0.3, -0.25) is 4.98 Å². The van der Waals surface area contributed by atoms with Gasteiger partial charge in [0.25, 0.3) is 0 Å². The molecule has 0 radical (unpaired) electrons. The standard InChI is InChI=1S/C23H25N5O/c1-14-18(12-24)20-22(29-23(26-20)16-4-5-16)21(19(14)15-6-9-25-10-7-15)28-11-8-17(13-28)27(2)3/h6-7,9-10,16-17H,4-5,8,11,13H2,1-3H3/t17-/m0/s1. The lowest BCUT2D eigenvalue weighted by Crippen LogP contribution is -2.31. The summed E-state index contributed by atoms with van der Waals surface area (Å²) in [5, 5.41) is 9.96. The Labute approximate surface area is 170 Å². The van der Waals surface area contributed by atoms with Crippen molar-refractivity contribution in [3.8, 4) is 17.2 Å². The minimum Gasteiger partial charge on any atom is -0.438 e. The van der Waals surface area contributed by atoms with Crippen molar-refractivity contribution in [2.75, 3.05) is 32.1 Å². The van der Waals surface area contributed by atoms with Crippen LogP contribution in [-0.4, -0.2) is 48.1 Å². The number of anilines is 1. The number of hydrogen-bond donors (Lipinski definition) is 0. The minimum absolute atomic E-state index is 0.402. The van der Waals surface area contributed by atoms with Crippen molar-refractivity contribution in [2.24, 2.45) is 0 Å². The molecule has 2 aliphatic rings. The molecule has 0 spiro atoms. The molecule has 1 aliphatic heterocycles. The summed E-state index contributed by atoms with van der Waals surface area (Å²) in [5.74, 6) is 1.19. The lowest BCUT2D eigenvalue weighted by Gasteiger charge is -2.25. The first-order valence-corrected chi connectivity index (χ1v) is 10.3. The lowest BCUT2D eigenvalue weighted by atomic mass is 9.93. The average molecular weight is 387 g/mol. The zero-order valence-electron chi connectivity index (χ0n) is 17.1. The van der Waals surface area contributed by atoms with Gasteiger partial charge in [-0.25, -0.2) is 4.98 Å². The molecule has 3 heterocycles. The van der Waals surface area contributed by atoms with E-state index < -0.39 is 0 Å². The fourth-order valence-electron chi connectivity index (χ4n) is 4.44. The molecule has 1 saturated carbocycles. The molecule has 0 amide bonds. The Balaban J connectivity index is 1.79. The van der Waals surface area contributed by atoms with E-state index in [1.165, 1.54) is 0 Å². The summed E-state index contributed by atoms with van der Waals surface area (Å²) in [7, 11) is 4.27. The second-order valence-electron chi connectivity index (χ2n) is 8.43. The Morgan fingerprint density at radius 3 is 2.59 bits per heavy atom. The van der Waals surface area contributed by atoms with Gasteiger partial charge in [0.15, 0.2) is 11.5 Å². The lowest BCUT2D eigenvalue weighted by molar-refractivity contribution is 0.315. The minimum atomic E-state index is 0.402. The smallest absolute Gasteiger partial charge is 0.198 e. The fourth-order valence-corrected chi connectivity index (χ4v) is 4.44. The molecular weight excluding hydrogens is 362 g/mol. The second-order valence-corrected chi connectivity index (χ2v) is 8.43. The van der Waals surface area contributed by atoms with Crippen molar-refractivity contribution in [2.45, 2.75) is 38.1 Å². The summed E-state index contributed by atoms with van der Waals surface area (Å²) < 4.78 is 6.36. The summed E-state index contributed by atoms with van der Waals surface area (Å²) in [5.41, 5.74) is 6.26. The number of pyridine rings is 1. The van der Waals surface area contributed by atoms with Crippen molar-refractivity contribution >= 4 is 16.8 Å². The molecule has 1 aromatic carbocycles. The summed E-state index contributed by atoms with van der Waals surface area (Å²) >= 11 is 0. The Kier molecular flexibility index (Phi) is 4.29. The number of hydrogen-bond acceptors (Lipinski definition) is 6. The Morgan fingerprint density at radius 2 is 1.97 bits per heavy atom. The zero-order chi connectivity index (χ0) is 20.1. The number of fused-ring (bicyclic) bond motifs is 1. The van der Waals surface area contributed by atoms with E-state index in [9.17, 15) is 5.26 Å². The van der Waals surface area contributed by atoms with Crippen LogP contribution in [0.4, 0.5) is 5.69 Å². The van der Waals surface area contributed by atoms with Crippen LogP contribution in [0.1, 0.15) is 42.2 Å². The van der Waals surface area contributed by atoms with Gasteiger partial charge in [-0.1, -0.05) is 0 Å². The quantitative estimate of drug-likeness (QED) is 0.672. The maximum absolute atomic E-state index is 9.96. The molecule has 2 aromatic heterocycles. The van der Waals surface area contributed by atoms with Gasteiger partial charge in [0.2, 0.25) is 0 Å². The van der Waals surface area contributed by atoms with E-state index in [4.69, 9.17) is 9.40 Å². The SMILES string of the molecule is Cc1c(-c2ccncc2)c(N2CC[C@H](N(C)C)C2)c2oc(C3CC3)nc2c1C#N. The molecular formula is C23H25N5O. The monoisotopic (exact) mass is 387 g/mol. The summed E-state index contributed by atoms with van der Waals surface area (Å²) in [6.45, 7) is 3.92. The van der Waals surface area contributed by atoms with Crippen molar-refractivity contribution in [3.63, 3.8) is 0 Å². The van der Waals surface area contributed by atoms with Crippen molar-refractivity contribution < 1.29 is 4.42 Å². The molecule has 1 atom stereocenters. The Hall–Kier alpha value is -2.91. The zero-order valence-corrected chi connectivity index (χ0v) is 17.1. The van der Waals surface area contributed by atoms with Gasteiger partial charge >= 0.3 is 0 Å². The van der Waals surface area contributed by atoms with Gasteiger partial charge in [-0.15, -0.1) is 0 Å². The first-order valence-electron chi connectivity index (χ1n) is 10.3. The highest BCUT2D eigenvalue weighted by atomic mass is 16.4. The molecule has 0 N–H and O–H groups in total. The van der Waals surface area contributed by atoms with E-state index in [1.807, 2.05) is 19.1 Å². The van der Waals surface area contributed by atoms with E-state index in [0.717, 1.165) is 66.2 Å².